The maximum atomic E-state index is 12.8. The Morgan fingerprint density at radius 1 is 1.16 bits per heavy atom. The maximum absolute atomic E-state index is 12.8. The van der Waals surface area contributed by atoms with Gasteiger partial charge >= 0.3 is 18.2 Å². The molecule has 1 saturated heterocycles. The Balaban J connectivity index is 1.42. The van der Waals surface area contributed by atoms with Gasteiger partial charge < -0.3 is 14.6 Å². The number of nitrogens with one attached hydrogen (secondary N) is 1. The number of nitrogens with zero attached hydrogens (tertiary/aromatic N) is 3. The molecule has 1 aromatic heterocycles. The summed E-state index contributed by atoms with van der Waals surface area (Å²) in [5.74, 6) is -1.02. The molecular weight excluding hydrogens is 449 g/mol. The average Bonchev–Trinajstić information content (AvgIpc) is 3.37. The Kier molecular flexibility index (Phi) is 5.79. The second-order valence-corrected chi connectivity index (χ2v) is 7.46. The molecule has 7 nitrogen and oxygen atoms in total. The van der Waals surface area contributed by atoms with Gasteiger partial charge in [0.05, 0.1) is 11.8 Å². The number of aromatic nitrogens is 1. The molecule has 1 aliphatic rings. The fourth-order valence-electron chi connectivity index (χ4n) is 3.18. The van der Waals surface area contributed by atoms with Crippen molar-refractivity contribution in [1.82, 2.24) is 9.88 Å². The van der Waals surface area contributed by atoms with E-state index in [0.717, 1.165) is 23.9 Å². The molecule has 0 spiro atoms. The Hall–Kier alpha value is -3.53. The minimum Gasteiger partial charge on any atom is -0.418 e. The molecule has 32 heavy (non-hydrogen) atoms. The van der Waals surface area contributed by atoms with Crippen LogP contribution >= 0.6 is 11.6 Å². The number of alkyl halides is 3. The van der Waals surface area contributed by atoms with Crippen LogP contribution in [0.3, 0.4) is 0 Å². The highest BCUT2D eigenvalue weighted by Crippen LogP contribution is 2.31. The molecular formula is C21H16ClF3N4O3. The molecule has 0 unspecified atom stereocenters. The predicted molar refractivity (Wildman–Crippen MR) is 111 cm³/mol. The van der Waals surface area contributed by atoms with E-state index in [4.69, 9.17) is 16.0 Å². The van der Waals surface area contributed by atoms with Crippen molar-refractivity contribution in [3.05, 3.63) is 76.6 Å². The molecule has 4 rings (SSSR count). The number of carbonyl (C=O) groups is 2. The molecule has 2 aromatic carbocycles. The van der Waals surface area contributed by atoms with Crippen LogP contribution in [0, 0.1) is 0 Å². The van der Waals surface area contributed by atoms with Crippen molar-refractivity contribution in [3.8, 4) is 0 Å². The summed E-state index contributed by atoms with van der Waals surface area (Å²) in [6.07, 6.45) is -3.42. The van der Waals surface area contributed by atoms with Crippen molar-refractivity contribution in [2.75, 3.05) is 23.3 Å². The van der Waals surface area contributed by atoms with Gasteiger partial charge in [-0.15, -0.1) is 0 Å². The van der Waals surface area contributed by atoms with Gasteiger partial charge in [-0.3, -0.25) is 4.79 Å². The van der Waals surface area contributed by atoms with Gasteiger partial charge in [0.2, 0.25) is 5.76 Å². The van der Waals surface area contributed by atoms with Crippen LogP contribution in [-0.2, 0) is 12.7 Å². The van der Waals surface area contributed by atoms with Crippen molar-refractivity contribution in [2.24, 2.45) is 0 Å². The zero-order valence-corrected chi connectivity index (χ0v) is 17.2. The van der Waals surface area contributed by atoms with Gasteiger partial charge in [0.1, 0.15) is 0 Å². The van der Waals surface area contributed by atoms with E-state index < -0.39 is 17.6 Å². The number of benzene rings is 2. The van der Waals surface area contributed by atoms with Gasteiger partial charge in [0.15, 0.2) is 0 Å². The smallest absolute Gasteiger partial charge is 0.416 e. The van der Waals surface area contributed by atoms with Crippen LogP contribution in [-0.4, -0.2) is 34.9 Å². The van der Waals surface area contributed by atoms with Crippen LogP contribution in [0.15, 0.2) is 59.1 Å². The molecule has 3 amide bonds. The van der Waals surface area contributed by atoms with Crippen LogP contribution in [0.1, 0.15) is 21.7 Å². The van der Waals surface area contributed by atoms with Crippen molar-refractivity contribution < 1.29 is 27.2 Å². The third kappa shape index (κ3) is 4.70. The number of halogens is 4. The van der Waals surface area contributed by atoms with E-state index >= 15 is 0 Å². The van der Waals surface area contributed by atoms with Crippen LogP contribution in [0.2, 0.25) is 5.02 Å². The first-order valence-electron chi connectivity index (χ1n) is 9.46. The number of amides is 3. The van der Waals surface area contributed by atoms with Crippen molar-refractivity contribution >= 4 is 35.2 Å². The first-order valence-corrected chi connectivity index (χ1v) is 9.84. The highest BCUT2D eigenvalue weighted by molar-refractivity contribution is 6.30. The monoisotopic (exact) mass is 464 g/mol. The average molecular weight is 465 g/mol. The van der Waals surface area contributed by atoms with E-state index in [9.17, 15) is 22.8 Å². The lowest BCUT2D eigenvalue weighted by Crippen LogP contribution is -2.31. The second-order valence-electron chi connectivity index (χ2n) is 7.02. The summed E-state index contributed by atoms with van der Waals surface area (Å²) in [6.45, 7) is 1.10. The molecule has 1 N–H and O–H groups in total. The minimum atomic E-state index is -4.53. The van der Waals surface area contributed by atoms with Crippen molar-refractivity contribution in [1.29, 1.82) is 0 Å². The predicted octanol–water partition coefficient (Wildman–Crippen LogP) is 5.04. The Morgan fingerprint density at radius 2 is 1.91 bits per heavy atom. The molecule has 2 heterocycles. The van der Waals surface area contributed by atoms with Crippen LogP contribution in [0.25, 0.3) is 0 Å². The minimum absolute atomic E-state index is 0.0471. The van der Waals surface area contributed by atoms with E-state index in [0.29, 0.717) is 24.7 Å². The zero-order valence-electron chi connectivity index (χ0n) is 16.4. The third-order valence-corrected chi connectivity index (χ3v) is 5.03. The van der Waals surface area contributed by atoms with Gasteiger partial charge in [-0.1, -0.05) is 29.8 Å². The quantitative estimate of drug-likeness (QED) is 0.573. The first-order chi connectivity index (χ1) is 15.2. The standard InChI is InChI=1S/C21H16ClF3N4O3/c22-15-6-4-13(5-7-15)12-28-8-9-29(20(28)31)19-26-11-17(32-19)18(30)27-16-3-1-2-14(10-16)21(23,24)25/h1-7,10-11H,8-9,12H2,(H,27,30). The summed E-state index contributed by atoms with van der Waals surface area (Å²) in [5.41, 5.74) is -0.0377. The summed E-state index contributed by atoms with van der Waals surface area (Å²) in [5, 5.41) is 2.93. The first kappa shape index (κ1) is 21.7. The SMILES string of the molecule is O=C(Nc1cccc(C(F)(F)F)c1)c1cnc(N2CCN(Cc3ccc(Cl)cc3)C2=O)o1. The lowest BCUT2D eigenvalue weighted by Gasteiger charge is -2.16. The molecule has 0 atom stereocenters. The molecule has 166 valence electrons. The maximum Gasteiger partial charge on any atom is 0.416 e. The summed E-state index contributed by atoms with van der Waals surface area (Å²) >= 11 is 5.87. The van der Waals surface area contributed by atoms with E-state index in [1.807, 2.05) is 12.1 Å². The lowest BCUT2D eigenvalue weighted by atomic mass is 10.2. The van der Waals surface area contributed by atoms with Gasteiger partial charge in [-0.05, 0) is 35.9 Å². The summed E-state index contributed by atoms with van der Waals surface area (Å²) in [7, 11) is 0. The fraction of sp³-hybridized carbons (Fsp3) is 0.190. The summed E-state index contributed by atoms with van der Waals surface area (Å²) in [6, 6.07) is 10.9. The molecule has 0 aliphatic carbocycles. The van der Waals surface area contributed by atoms with E-state index in [2.05, 4.69) is 10.3 Å². The van der Waals surface area contributed by atoms with Crippen LogP contribution < -0.4 is 10.2 Å². The molecule has 1 fully saturated rings. The molecule has 0 saturated carbocycles. The Morgan fingerprint density at radius 3 is 2.62 bits per heavy atom. The molecule has 3 aromatic rings. The lowest BCUT2D eigenvalue weighted by molar-refractivity contribution is -0.137. The Bertz CT molecular complexity index is 1150. The third-order valence-electron chi connectivity index (χ3n) is 4.78. The largest absolute Gasteiger partial charge is 0.418 e. The molecule has 0 bridgehead atoms. The molecule has 1 aliphatic heterocycles. The second kappa shape index (κ2) is 8.54. The number of hydrogen-bond donors (Lipinski definition) is 1. The van der Waals surface area contributed by atoms with Crippen molar-refractivity contribution in [2.45, 2.75) is 12.7 Å². The van der Waals surface area contributed by atoms with E-state index in [1.165, 1.54) is 17.0 Å². The van der Waals surface area contributed by atoms with Crippen LogP contribution in [0.5, 0.6) is 0 Å². The fourth-order valence-corrected chi connectivity index (χ4v) is 3.30. The number of carbonyl (C=O) groups excluding carboxylic acids is 2. The zero-order chi connectivity index (χ0) is 22.9. The molecule has 0 radical (unpaired) electrons. The van der Waals surface area contributed by atoms with Gasteiger partial charge in [0.25, 0.3) is 5.91 Å². The topological polar surface area (TPSA) is 78.7 Å². The van der Waals surface area contributed by atoms with Crippen LogP contribution in [0.4, 0.5) is 29.7 Å². The number of urea groups is 1. The summed E-state index contributed by atoms with van der Waals surface area (Å²) < 4.78 is 43.9. The summed E-state index contributed by atoms with van der Waals surface area (Å²) in [4.78, 5) is 31.9. The van der Waals surface area contributed by atoms with Gasteiger partial charge in [0, 0.05) is 30.3 Å². The highest BCUT2D eigenvalue weighted by Gasteiger charge is 2.33. The normalized spacial score (nSPS) is 14.2. The van der Waals surface area contributed by atoms with Gasteiger partial charge in [-0.2, -0.15) is 13.2 Å². The van der Waals surface area contributed by atoms with E-state index in [1.54, 1.807) is 17.0 Å². The van der Waals surface area contributed by atoms with Crippen molar-refractivity contribution in [3.63, 3.8) is 0 Å². The number of rotatable bonds is 5. The number of oxazole rings is 1. The number of hydrogen-bond acceptors (Lipinski definition) is 4. The molecule has 11 heteroatoms. The highest BCUT2D eigenvalue weighted by atomic mass is 35.5. The Labute approximate surface area is 185 Å². The van der Waals surface area contributed by atoms with Gasteiger partial charge in [-0.25, -0.2) is 14.7 Å². The number of anilines is 2. The van der Waals surface area contributed by atoms with E-state index in [-0.39, 0.29) is 23.5 Å².